The number of nitrogens with zero attached hydrogens (tertiary/aromatic N) is 1. The summed E-state index contributed by atoms with van der Waals surface area (Å²) in [7, 11) is 0. The van der Waals surface area contributed by atoms with Gasteiger partial charge in [-0.15, -0.1) is 0 Å². The van der Waals surface area contributed by atoms with Crippen molar-refractivity contribution in [1.29, 1.82) is 0 Å². The van der Waals surface area contributed by atoms with Gasteiger partial charge in [-0.05, 0) is 62.7 Å². The van der Waals surface area contributed by atoms with Crippen molar-refractivity contribution >= 4 is 35.3 Å². The maximum Gasteiger partial charge on any atom is 0.255 e. The molecule has 0 fully saturated rings. The number of anilines is 3. The highest BCUT2D eigenvalue weighted by atomic mass is 16.7. The summed E-state index contributed by atoms with van der Waals surface area (Å²) in [6, 6.07) is 22.9. The molecule has 3 aromatic rings. The first-order chi connectivity index (χ1) is 15.7. The van der Waals surface area contributed by atoms with Crippen molar-refractivity contribution in [1.82, 2.24) is 0 Å². The van der Waals surface area contributed by atoms with Crippen LogP contribution in [0.2, 0.25) is 0 Å². The minimum atomic E-state index is -0.598. The third-order valence-corrected chi connectivity index (χ3v) is 4.50. The quantitative estimate of drug-likeness (QED) is 0.385. The zero-order chi connectivity index (χ0) is 23.8. The van der Waals surface area contributed by atoms with E-state index in [1.807, 2.05) is 51.1 Å². The first-order valence-electron chi connectivity index (χ1n) is 10.5. The largest absolute Gasteiger partial charge is 0.326 e. The molecule has 0 spiro atoms. The summed E-state index contributed by atoms with van der Waals surface area (Å²) in [5, 5.41) is 6.74. The molecule has 0 bridgehead atoms. The van der Waals surface area contributed by atoms with E-state index >= 15 is 0 Å². The zero-order valence-corrected chi connectivity index (χ0v) is 18.9. The summed E-state index contributed by atoms with van der Waals surface area (Å²) in [5.74, 6) is -0.494. The van der Waals surface area contributed by atoms with Crippen LogP contribution >= 0.6 is 0 Å². The number of carbonyl (C=O) groups is 3. The normalized spacial score (nSPS) is 10.9. The maximum absolute atomic E-state index is 12.8. The van der Waals surface area contributed by atoms with Gasteiger partial charge in [0.25, 0.3) is 5.91 Å². The Hall–Kier alpha value is -3.97. The second-order valence-electron chi connectivity index (χ2n) is 8.39. The van der Waals surface area contributed by atoms with Crippen molar-refractivity contribution in [3.05, 3.63) is 90.0 Å². The fourth-order valence-corrected chi connectivity index (χ4v) is 3.08. The molecule has 0 aliphatic carbocycles. The Labute approximate surface area is 193 Å². The van der Waals surface area contributed by atoms with E-state index in [0.717, 1.165) is 10.6 Å². The van der Waals surface area contributed by atoms with Crippen LogP contribution in [-0.2, 0) is 20.8 Å². The van der Waals surface area contributed by atoms with Crippen LogP contribution in [0.3, 0.4) is 0 Å². The average molecular weight is 446 g/mol. The van der Waals surface area contributed by atoms with Crippen molar-refractivity contribution in [2.75, 3.05) is 15.7 Å². The molecule has 0 aliphatic heterocycles. The number of benzene rings is 3. The van der Waals surface area contributed by atoms with E-state index in [1.54, 1.807) is 48.5 Å². The molecular formula is C26H27N3O4. The predicted octanol–water partition coefficient (Wildman–Crippen LogP) is 4.81. The molecule has 0 heterocycles. The van der Waals surface area contributed by atoms with E-state index in [4.69, 9.17) is 4.84 Å². The molecule has 3 rings (SSSR count). The first-order valence-corrected chi connectivity index (χ1v) is 10.5. The maximum atomic E-state index is 12.8. The lowest BCUT2D eigenvalue weighted by Crippen LogP contribution is -2.33. The summed E-state index contributed by atoms with van der Waals surface area (Å²) >= 11 is 0. The smallest absolute Gasteiger partial charge is 0.255 e. The van der Waals surface area contributed by atoms with E-state index in [1.165, 1.54) is 0 Å². The van der Waals surface area contributed by atoms with E-state index in [-0.39, 0.29) is 18.2 Å². The standard InChI is InChI=1S/C26H27N3O4/c1-26(2,3)33-29(18-30)23-12-8-7-11-22(23)28-25(32)20-13-15-21(16-14-20)27-24(31)17-19-9-5-4-6-10-19/h4-16,18H,17H2,1-3H3,(H,27,31)(H,28,32). The summed E-state index contributed by atoms with van der Waals surface area (Å²) in [4.78, 5) is 42.3. The molecule has 3 aromatic carbocycles. The molecule has 3 amide bonds. The molecule has 7 heteroatoms. The lowest BCUT2D eigenvalue weighted by Gasteiger charge is -2.28. The van der Waals surface area contributed by atoms with Gasteiger partial charge < -0.3 is 10.6 Å². The van der Waals surface area contributed by atoms with Crippen LogP contribution in [0.25, 0.3) is 0 Å². The molecule has 0 saturated heterocycles. The predicted molar refractivity (Wildman–Crippen MR) is 129 cm³/mol. The minimum absolute atomic E-state index is 0.139. The van der Waals surface area contributed by atoms with E-state index in [0.29, 0.717) is 29.0 Å². The number of rotatable bonds is 8. The van der Waals surface area contributed by atoms with Crippen LogP contribution < -0.4 is 15.7 Å². The number of carbonyl (C=O) groups excluding carboxylic acids is 3. The Kier molecular flexibility index (Phi) is 7.58. The first kappa shape index (κ1) is 23.7. The fourth-order valence-electron chi connectivity index (χ4n) is 3.08. The van der Waals surface area contributed by atoms with Crippen molar-refractivity contribution < 1.29 is 19.2 Å². The van der Waals surface area contributed by atoms with E-state index in [9.17, 15) is 14.4 Å². The van der Waals surface area contributed by atoms with Crippen LogP contribution in [0.1, 0.15) is 36.7 Å². The number of nitrogens with one attached hydrogen (secondary N) is 2. The monoisotopic (exact) mass is 445 g/mol. The number of hydrogen-bond donors (Lipinski definition) is 2. The SMILES string of the molecule is CC(C)(C)ON(C=O)c1ccccc1NC(=O)c1ccc(NC(=O)Cc2ccccc2)cc1. The molecule has 33 heavy (non-hydrogen) atoms. The van der Waals surface area contributed by atoms with Crippen molar-refractivity contribution in [2.45, 2.75) is 32.8 Å². The Balaban J connectivity index is 1.66. The summed E-state index contributed by atoms with van der Waals surface area (Å²) in [6.45, 7) is 5.47. The van der Waals surface area contributed by atoms with Crippen LogP contribution in [0.15, 0.2) is 78.9 Å². The Morgan fingerprint density at radius 1 is 0.879 bits per heavy atom. The number of hydroxylamine groups is 1. The molecule has 0 aliphatic rings. The lowest BCUT2D eigenvalue weighted by atomic mass is 10.1. The van der Waals surface area contributed by atoms with Crippen LogP contribution in [-0.4, -0.2) is 23.8 Å². The Bertz CT molecular complexity index is 1110. The van der Waals surface area contributed by atoms with Gasteiger partial charge in [-0.1, -0.05) is 42.5 Å². The molecule has 2 N–H and O–H groups in total. The molecule has 170 valence electrons. The van der Waals surface area contributed by atoms with Crippen molar-refractivity contribution in [3.8, 4) is 0 Å². The van der Waals surface area contributed by atoms with Crippen LogP contribution in [0.4, 0.5) is 17.1 Å². The fraction of sp³-hybridized carbons (Fsp3) is 0.192. The van der Waals surface area contributed by atoms with Gasteiger partial charge in [0.1, 0.15) is 0 Å². The second-order valence-corrected chi connectivity index (χ2v) is 8.39. The van der Waals surface area contributed by atoms with Gasteiger partial charge in [-0.25, -0.2) is 0 Å². The summed E-state index contributed by atoms with van der Waals surface area (Å²) in [6.07, 6.45) is 0.826. The van der Waals surface area contributed by atoms with Gasteiger partial charge in [-0.2, -0.15) is 5.06 Å². The summed E-state index contributed by atoms with van der Waals surface area (Å²) < 4.78 is 0. The highest BCUT2D eigenvalue weighted by Crippen LogP contribution is 2.27. The summed E-state index contributed by atoms with van der Waals surface area (Å²) in [5.41, 5.74) is 2.17. The second kappa shape index (κ2) is 10.6. The van der Waals surface area contributed by atoms with Gasteiger partial charge in [0, 0.05) is 11.3 Å². The molecule has 0 atom stereocenters. The Morgan fingerprint density at radius 3 is 2.15 bits per heavy atom. The van der Waals surface area contributed by atoms with Gasteiger partial charge in [0.2, 0.25) is 12.3 Å². The topological polar surface area (TPSA) is 87.7 Å². The van der Waals surface area contributed by atoms with Crippen LogP contribution in [0.5, 0.6) is 0 Å². The highest BCUT2D eigenvalue weighted by Gasteiger charge is 2.20. The van der Waals surface area contributed by atoms with E-state index in [2.05, 4.69) is 10.6 Å². The van der Waals surface area contributed by atoms with E-state index < -0.39 is 5.60 Å². The molecule has 7 nitrogen and oxygen atoms in total. The zero-order valence-electron chi connectivity index (χ0n) is 18.9. The van der Waals surface area contributed by atoms with Gasteiger partial charge in [0.05, 0.1) is 23.4 Å². The highest BCUT2D eigenvalue weighted by molar-refractivity contribution is 6.06. The van der Waals surface area contributed by atoms with Gasteiger partial charge >= 0.3 is 0 Å². The number of para-hydroxylation sites is 2. The molecule has 0 saturated carbocycles. The van der Waals surface area contributed by atoms with Crippen LogP contribution in [0, 0.1) is 0 Å². The van der Waals surface area contributed by atoms with Gasteiger partial charge in [-0.3, -0.25) is 19.2 Å². The lowest BCUT2D eigenvalue weighted by molar-refractivity contribution is -0.120. The number of hydrogen-bond acceptors (Lipinski definition) is 4. The third kappa shape index (κ3) is 7.02. The minimum Gasteiger partial charge on any atom is -0.326 e. The molecular weight excluding hydrogens is 418 g/mol. The molecule has 0 radical (unpaired) electrons. The third-order valence-electron chi connectivity index (χ3n) is 4.50. The molecule has 0 aromatic heterocycles. The van der Waals surface area contributed by atoms with Crippen molar-refractivity contribution in [2.24, 2.45) is 0 Å². The Morgan fingerprint density at radius 2 is 1.52 bits per heavy atom. The van der Waals surface area contributed by atoms with Gasteiger partial charge in [0.15, 0.2) is 0 Å². The molecule has 0 unspecified atom stereocenters. The average Bonchev–Trinajstić information content (AvgIpc) is 2.78. The number of amides is 3. The van der Waals surface area contributed by atoms with Crippen molar-refractivity contribution in [3.63, 3.8) is 0 Å².